The summed E-state index contributed by atoms with van der Waals surface area (Å²) < 4.78 is 30.7. The summed E-state index contributed by atoms with van der Waals surface area (Å²) in [5.41, 5.74) is 0.301. The highest BCUT2D eigenvalue weighted by atomic mass is 35.5. The van der Waals surface area contributed by atoms with Crippen molar-refractivity contribution in [1.82, 2.24) is 15.5 Å². The van der Waals surface area contributed by atoms with Gasteiger partial charge in [0.05, 0.1) is 23.4 Å². The van der Waals surface area contributed by atoms with Crippen LogP contribution in [-0.2, 0) is 21.4 Å². The monoisotopic (exact) mass is 440 g/mol. The van der Waals surface area contributed by atoms with Crippen molar-refractivity contribution in [2.45, 2.75) is 19.5 Å². The number of anilines is 1. The van der Waals surface area contributed by atoms with E-state index in [-0.39, 0.29) is 12.4 Å². The summed E-state index contributed by atoms with van der Waals surface area (Å²) in [5, 5.41) is 8.75. The number of thiophene rings is 1. The first-order chi connectivity index (χ1) is 13.3. The molecular weight excluding hydrogens is 424 g/mol. The lowest BCUT2D eigenvalue weighted by molar-refractivity contribution is -0.122. The molecule has 0 fully saturated rings. The lowest BCUT2D eigenvalue weighted by Crippen LogP contribution is -2.47. The number of halogens is 1. The maximum Gasteiger partial charge on any atom is 0.246 e. The van der Waals surface area contributed by atoms with Crippen LogP contribution < -0.4 is 9.62 Å². The SMILES string of the molecule is C[C@H](C(=O)NCc1nc(-c2cccs2)no1)N(c1cccc(Cl)c1)S(C)(=O)=O. The maximum absolute atomic E-state index is 12.6. The fraction of sp³-hybridized carbons (Fsp3) is 0.235. The molecule has 2 aromatic heterocycles. The third-order valence-electron chi connectivity index (χ3n) is 3.77. The molecule has 0 aliphatic rings. The number of rotatable bonds is 7. The van der Waals surface area contributed by atoms with Gasteiger partial charge in [-0.05, 0) is 36.6 Å². The first-order valence-corrected chi connectivity index (χ1v) is 11.3. The zero-order valence-electron chi connectivity index (χ0n) is 15.0. The van der Waals surface area contributed by atoms with Gasteiger partial charge in [-0.15, -0.1) is 11.3 Å². The number of nitrogens with zero attached hydrogens (tertiary/aromatic N) is 3. The molecule has 0 aliphatic heterocycles. The van der Waals surface area contributed by atoms with Gasteiger partial charge in [-0.2, -0.15) is 4.98 Å². The molecule has 8 nitrogen and oxygen atoms in total. The normalized spacial score (nSPS) is 12.5. The van der Waals surface area contributed by atoms with Crippen LogP contribution in [0.3, 0.4) is 0 Å². The minimum Gasteiger partial charge on any atom is -0.345 e. The standard InChI is InChI=1S/C17H17ClN4O4S2/c1-11(22(28(2,24)25)13-6-3-5-12(18)9-13)17(23)19-10-15-20-16(21-26-15)14-7-4-8-27-14/h3-9,11H,10H2,1-2H3,(H,19,23)/t11-/m1/s1. The van der Waals surface area contributed by atoms with E-state index in [0.717, 1.165) is 15.4 Å². The van der Waals surface area contributed by atoms with Crippen molar-refractivity contribution in [1.29, 1.82) is 0 Å². The zero-order valence-corrected chi connectivity index (χ0v) is 17.4. The molecule has 0 aliphatic carbocycles. The number of benzene rings is 1. The molecule has 0 spiro atoms. The Labute approximate surface area is 171 Å². The Morgan fingerprint density at radius 3 is 2.79 bits per heavy atom. The second-order valence-corrected chi connectivity index (χ2v) is 9.17. The zero-order chi connectivity index (χ0) is 20.3. The summed E-state index contributed by atoms with van der Waals surface area (Å²) in [6.07, 6.45) is 1.03. The Morgan fingerprint density at radius 2 is 2.14 bits per heavy atom. The molecule has 0 bridgehead atoms. The average molecular weight is 441 g/mol. The smallest absolute Gasteiger partial charge is 0.246 e. The van der Waals surface area contributed by atoms with E-state index in [1.165, 1.54) is 24.3 Å². The van der Waals surface area contributed by atoms with Crippen molar-refractivity contribution in [2.24, 2.45) is 0 Å². The molecule has 1 atom stereocenters. The molecule has 148 valence electrons. The topological polar surface area (TPSA) is 105 Å². The lowest BCUT2D eigenvalue weighted by Gasteiger charge is -2.28. The summed E-state index contributed by atoms with van der Waals surface area (Å²) in [5.74, 6) is 0.142. The number of aromatic nitrogens is 2. The highest BCUT2D eigenvalue weighted by Gasteiger charge is 2.29. The van der Waals surface area contributed by atoms with Crippen LogP contribution in [0.15, 0.2) is 46.3 Å². The van der Waals surface area contributed by atoms with Crippen molar-refractivity contribution in [3.63, 3.8) is 0 Å². The average Bonchev–Trinajstić information content (AvgIpc) is 3.30. The van der Waals surface area contributed by atoms with E-state index < -0.39 is 22.0 Å². The Morgan fingerprint density at radius 1 is 1.36 bits per heavy atom. The number of sulfonamides is 1. The summed E-state index contributed by atoms with van der Waals surface area (Å²) in [6, 6.07) is 9.01. The van der Waals surface area contributed by atoms with Crippen LogP contribution in [0.25, 0.3) is 10.7 Å². The highest BCUT2D eigenvalue weighted by Crippen LogP contribution is 2.24. The van der Waals surface area contributed by atoms with Gasteiger partial charge in [0.2, 0.25) is 27.6 Å². The largest absolute Gasteiger partial charge is 0.345 e. The van der Waals surface area contributed by atoms with Crippen LogP contribution in [-0.4, -0.2) is 36.8 Å². The molecule has 1 N–H and O–H groups in total. The predicted octanol–water partition coefficient (Wildman–Crippen LogP) is 2.92. The fourth-order valence-corrected chi connectivity index (χ4v) is 4.57. The van der Waals surface area contributed by atoms with Crippen LogP contribution in [0.5, 0.6) is 0 Å². The third-order valence-corrected chi connectivity index (χ3v) is 6.12. The lowest BCUT2D eigenvalue weighted by atomic mass is 10.2. The van der Waals surface area contributed by atoms with Crippen molar-refractivity contribution < 1.29 is 17.7 Å². The number of hydrogen-bond acceptors (Lipinski definition) is 7. The van der Waals surface area contributed by atoms with E-state index in [1.807, 2.05) is 17.5 Å². The first-order valence-electron chi connectivity index (χ1n) is 8.15. The number of hydrogen-bond donors (Lipinski definition) is 1. The molecule has 0 unspecified atom stereocenters. The van der Waals surface area contributed by atoms with Gasteiger partial charge in [-0.1, -0.05) is 28.9 Å². The predicted molar refractivity (Wildman–Crippen MR) is 108 cm³/mol. The number of carbonyl (C=O) groups is 1. The number of nitrogens with one attached hydrogen (secondary N) is 1. The van der Waals surface area contributed by atoms with Crippen LogP contribution >= 0.6 is 22.9 Å². The molecule has 0 radical (unpaired) electrons. The van der Waals surface area contributed by atoms with E-state index in [1.54, 1.807) is 18.2 Å². The van der Waals surface area contributed by atoms with Gasteiger partial charge in [0.1, 0.15) is 6.04 Å². The van der Waals surface area contributed by atoms with Gasteiger partial charge in [0, 0.05) is 5.02 Å². The Bertz CT molecular complexity index is 1070. The molecule has 3 aromatic rings. The molecule has 3 rings (SSSR count). The minimum absolute atomic E-state index is 0.0192. The van der Waals surface area contributed by atoms with E-state index in [4.69, 9.17) is 16.1 Å². The molecule has 28 heavy (non-hydrogen) atoms. The molecule has 0 saturated heterocycles. The van der Waals surface area contributed by atoms with Gasteiger partial charge in [-0.25, -0.2) is 8.42 Å². The molecule has 2 heterocycles. The summed E-state index contributed by atoms with van der Waals surface area (Å²) in [4.78, 5) is 17.6. The second-order valence-electron chi connectivity index (χ2n) is 5.92. The number of amides is 1. The van der Waals surface area contributed by atoms with Crippen molar-refractivity contribution in [3.05, 3.63) is 52.7 Å². The van der Waals surface area contributed by atoms with Gasteiger partial charge < -0.3 is 9.84 Å². The second kappa shape index (κ2) is 8.29. The molecule has 1 amide bonds. The van der Waals surface area contributed by atoms with Crippen molar-refractivity contribution in [2.75, 3.05) is 10.6 Å². The Kier molecular flexibility index (Phi) is 6.01. The van der Waals surface area contributed by atoms with Crippen molar-refractivity contribution in [3.8, 4) is 10.7 Å². The van der Waals surface area contributed by atoms with Gasteiger partial charge >= 0.3 is 0 Å². The summed E-state index contributed by atoms with van der Waals surface area (Å²) in [7, 11) is -3.72. The molecular formula is C17H17ClN4O4S2. The van der Waals surface area contributed by atoms with Crippen LogP contribution in [0.2, 0.25) is 5.02 Å². The molecule has 11 heteroatoms. The van der Waals surface area contributed by atoms with Crippen LogP contribution in [0.1, 0.15) is 12.8 Å². The quantitative estimate of drug-likeness (QED) is 0.605. The maximum atomic E-state index is 12.6. The van der Waals surface area contributed by atoms with Gasteiger partial charge in [-0.3, -0.25) is 9.10 Å². The summed E-state index contributed by atoms with van der Waals surface area (Å²) in [6.45, 7) is 1.47. The Balaban J connectivity index is 1.71. The molecule has 1 aromatic carbocycles. The first kappa shape index (κ1) is 20.3. The fourth-order valence-electron chi connectivity index (χ4n) is 2.56. The van der Waals surface area contributed by atoms with Crippen LogP contribution in [0.4, 0.5) is 5.69 Å². The van der Waals surface area contributed by atoms with Crippen molar-refractivity contribution >= 4 is 44.6 Å². The molecule has 0 saturated carbocycles. The van der Waals surface area contributed by atoms with Crippen LogP contribution in [0, 0.1) is 0 Å². The third kappa shape index (κ3) is 4.70. The number of carbonyl (C=O) groups excluding carboxylic acids is 1. The van der Waals surface area contributed by atoms with Gasteiger partial charge in [0.25, 0.3) is 0 Å². The van der Waals surface area contributed by atoms with E-state index in [0.29, 0.717) is 16.5 Å². The highest BCUT2D eigenvalue weighted by molar-refractivity contribution is 7.92. The summed E-state index contributed by atoms with van der Waals surface area (Å²) >= 11 is 7.43. The van der Waals surface area contributed by atoms with E-state index >= 15 is 0 Å². The van der Waals surface area contributed by atoms with E-state index in [2.05, 4.69) is 15.5 Å². The Hall–Kier alpha value is -2.43. The minimum atomic E-state index is -3.72. The van der Waals surface area contributed by atoms with E-state index in [9.17, 15) is 13.2 Å². The van der Waals surface area contributed by atoms with Gasteiger partial charge in [0.15, 0.2) is 0 Å².